The van der Waals surface area contributed by atoms with Gasteiger partial charge in [-0.1, -0.05) is 51.0 Å². The number of esters is 1. The largest absolute Gasteiger partial charge is 0.478 e. The number of aliphatic carboxylic acids is 1. The number of nitrogens with two attached hydrogens (primary N) is 1. The fourth-order valence-corrected chi connectivity index (χ4v) is 4.84. The molecule has 0 aliphatic heterocycles. The standard InChI is InChI=1S/C25H37NO4S/c1-25(26,19-30-24(29)16-15-23(27)28)18-17-22-14-13-21(31-22)12-8-3-2-5-9-20-10-6-4-7-11-20/h8,12-16,20H,2-7,9-11,17-19,26H2,1H3,(H,27,28). The molecule has 172 valence electrons. The van der Waals surface area contributed by atoms with Gasteiger partial charge >= 0.3 is 11.9 Å². The van der Waals surface area contributed by atoms with Gasteiger partial charge in [0.2, 0.25) is 0 Å². The normalized spacial score (nSPS) is 17.2. The number of carboxylic acid groups (broad SMARTS) is 1. The smallest absolute Gasteiger partial charge is 0.331 e. The van der Waals surface area contributed by atoms with Crippen LogP contribution in [0, 0.1) is 5.92 Å². The molecule has 2 rings (SSSR count). The highest BCUT2D eigenvalue weighted by Gasteiger charge is 2.21. The van der Waals surface area contributed by atoms with Gasteiger partial charge in [0.05, 0.1) is 0 Å². The minimum Gasteiger partial charge on any atom is -0.478 e. The molecule has 0 aromatic carbocycles. The summed E-state index contributed by atoms with van der Waals surface area (Å²) in [6.07, 6.45) is 20.0. The van der Waals surface area contributed by atoms with Gasteiger partial charge in [-0.25, -0.2) is 9.59 Å². The SMILES string of the molecule is CC(N)(CCc1ccc(C=CCCCCC2CCCCC2)s1)COC(=O)C=CC(=O)O. The van der Waals surface area contributed by atoms with Gasteiger partial charge in [-0.2, -0.15) is 0 Å². The second kappa shape index (κ2) is 13.5. The Morgan fingerprint density at radius 3 is 2.74 bits per heavy atom. The quantitative estimate of drug-likeness (QED) is 0.229. The Hall–Kier alpha value is -1.92. The van der Waals surface area contributed by atoms with Crippen molar-refractivity contribution in [1.82, 2.24) is 0 Å². The molecule has 1 aromatic rings. The maximum absolute atomic E-state index is 11.5. The fraction of sp³-hybridized carbons (Fsp3) is 0.600. The first-order valence-corrected chi connectivity index (χ1v) is 12.3. The first-order chi connectivity index (χ1) is 14.8. The molecule has 1 aromatic heterocycles. The molecule has 0 saturated heterocycles. The van der Waals surface area contributed by atoms with Crippen LogP contribution in [0.3, 0.4) is 0 Å². The number of carbonyl (C=O) groups is 2. The van der Waals surface area contributed by atoms with Crippen LogP contribution in [0.4, 0.5) is 0 Å². The zero-order valence-corrected chi connectivity index (χ0v) is 19.5. The number of carboxylic acids is 1. The highest BCUT2D eigenvalue weighted by Crippen LogP contribution is 2.28. The van der Waals surface area contributed by atoms with Gasteiger partial charge in [-0.15, -0.1) is 11.3 Å². The number of unbranched alkanes of at least 4 members (excludes halogenated alkanes) is 2. The summed E-state index contributed by atoms with van der Waals surface area (Å²) in [6.45, 7) is 1.89. The van der Waals surface area contributed by atoms with Gasteiger partial charge in [-0.3, -0.25) is 0 Å². The van der Waals surface area contributed by atoms with Crippen LogP contribution in [0.5, 0.6) is 0 Å². The lowest BCUT2D eigenvalue weighted by Gasteiger charge is -2.23. The molecule has 0 spiro atoms. The molecule has 1 saturated carbocycles. The van der Waals surface area contributed by atoms with Gasteiger partial charge in [-0.05, 0) is 56.7 Å². The monoisotopic (exact) mass is 447 g/mol. The van der Waals surface area contributed by atoms with Gasteiger partial charge in [0.1, 0.15) is 6.61 Å². The van der Waals surface area contributed by atoms with Crippen LogP contribution in [-0.2, 0) is 20.7 Å². The van der Waals surface area contributed by atoms with E-state index in [2.05, 4.69) is 24.3 Å². The van der Waals surface area contributed by atoms with Crippen molar-refractivity contribution in [2.45, 2.75) is 83.1 Å². The predicted octanol–water partition coefficient (Wildman–Crippen LogP) is 5.74. The summed E-state index contributed by atoms with van der Waals surface area (Å²) in [7, 11) is 0. The average Bonchev–Trinajstić information content (AvgIpc) is 3.20. The molecular weight excluding hydrogens is 410 g/mol. The van der Waals surface area contributed by atoms with Crippen molar-refractivity contribution in [2.75, 3.05) is 6.61 Å². The van der Waals surface area contributed by atoms with Crippen molar-refractivity contribution in [3.63, 3.8) is 0 Å². The van der Waals surface area contributed by atoms with Crippen molar-refractivity contribution in [3.8, 4) is 0 Å². The zero-order chi connectivity index (χ0) is 22.5. The second-order valence-corrected chi connectivity index (χ2v) is 10.1. The number of allylic oxidation sites excluding steroid dienone is 1. The predicted molar refractivity (Wildman–Crippen MR) is 127 cm³/mol. The summed E-state index contributed by atoms with van der Waals surface area (Å²) < 4.78 is 5.05. The highest BCUT2D eigenvalue weighted by molar-refractivity contribution is 7.12. The van der Waals surface area contributed by atoms with Crippen LogP contribution in [0.25, 0.3) is 6.08 Å². The van der Waals surface area contributed by atoms with E-state index in [1.54, 1.807) is 11.3 Å². The number of ether oxygens (including phenoxy) is 1. The summed E-state index contributed by atoms with van der Waals surface area (Å²) >= 11 is 1.77. The Morgan fingerprint density at radius 2 is 2.00 bits per heavy atom. The van der Waals surface area contributed by atoms with E-state index in [4.69, 9.17) is 15.6 Å². The van der Waals surface area contributed by atoms with Crippen molar-refractivity contribution < 1.29 is 19.4 Å². The molecular formula is C25H37NO4S. The summed E-state index contributed by atoms with van der Waals surface area (Å²) in [5.41, 5.74) is 5.57. The Labute approximate surface area is 190 Å². The van der Waals surface area contributed by atoms with Crippen molar-refractivity contribution in [1.29, 1.82) is 0 Å². The molecule has 0 radical (unpaired) electrons. The highest BCUT2D eigenvalue weighted by atomic mass is 32.1. The zero-order valence-electron chi connectivity index (χ0n) is 18.7. The maximum Gasteiger partial charge on any atom is 0.331 e. The fourth-order valence-electron chi connectivity index (χ4n) is 3.89. The third-order valence-electron chi connectivity index (χ3n) is 5.77. The summed E-state index contributed by atoms with van der Waals surface area (Å²) in [5.74, 6) is -0.897. The molecule has 1 heterocycles. The van der Waals surface area contributed by atoms with E-state index in [0.29, 0.717) is 6.42 Å². The molecule has 0 bridgehead atoms. The lowest BCUT2D eigenvalue weighted by Crippen LogP contribution is -2.42. The molecule has 1 atom stereocenters. The van der Waals surface area contributed by atoms with E-state index in [9.17, 15) is 9.59 Å². The number of thiophene rings is 1. The summed E-state index contributed by atoms with van der Waals surface area (Å²) in [5, 5.41) is 8.52. The molecule has 1 aliphatic rings. The number of hydrogen-bond donors (Lipinski definition) is 2. The Morgan fingerprint density at radius 1 is 1.23 bits per heavy atom. The number of rotatable bonds is 13. The minimum atomic E-state index is -1.19. The van der Waals surface area contributed by atoms with Crippen molar-refractivity contribution in [2.24, 2.45) is 11.7 Å². The molecule has 5 nitrogen and oxygen atoms in total. The average molecular weight is 448 g/mol. The third-order valence-corrected chi connectivity index (χ3v) is 6.88. The second-order valence-electron chi connectivity index (χ2n) is 8.93. The maximum atomic E-state index is 11.5. The van der Waals surface area contributed by atoms with E-state index >= 15 is 0 Å². The Bertz CT molecular complexity index is 744. The van der Waals surface area contributed by atoms with Gasteiger partial charge in [0.25, 0.3) is 0 Å². The number of carbonyl (C=O) groups excluding carboxylic acids is 1. The minimum absolute atomic E-state index is 0.0504. The van der Waals surface area contributed by atoms with Crippen molar-refractivity contribution in [3.05, 3.63) is 40.1 Å². The summed E-state index contributed by atoms with van der Waals surface area (Å²) in [4.78, 5) is 24.4. The van der Waals surface area contributed by atoms with Gasteiger partial charge < -0.3 is 15.6 Å². The number of hydrogen-bond acceptors (Lipinski definition) is 5. The van der Waals surface area contributed by atoms with Crippen molar-refractivity contribution >= 4 is 29.4 Å². The van der Waals surface area contributed by atoms with Gasteiger partial charge in [0.15, 0.2) is 0 Å². The van der Waals surface area contributed by atoms with E-state index in [-0.39, 0.29) is 6.61 Å². The molecule has 1 aliphatic carbocycles. The summed E-state index contributed by atoms with van der Waals surface area (Å²) in [6, 6.07) is 4.27. The Kier molecular flexibility index (Phi) is 11.0. The Balaban J connectivity index is 1.63. The first-order valence-electron chi connectivity index (χ1n) is 11.5. The van der Waals surface area contributed by atoms with Crippen LogP contribution in [-0.4, -0.2) is 29.2 Å². The van der Waals surface area contributed by atoms with Crippen LogP contribution in [0.2, 0.25) is 0 Å². The third kappa shape index (κ3) is 11.3. The van der Waals surface area contributed by atoms with Crippen LogP contribution in [0.15, 0.2) is 30.4 Å². The molecule has 3 N–H and O–H groups in total. The van der Waals surface area contributed by atoms with E-state index in [1.807, 2.05) is 6.92 Å². The topological polar surface area (TPSA) is 89.6 Å². The molecule has 6 heteroatoms. The van der Waals surface area contributed by atoms with Gasteiger partial charge in [0, 0.05) is 27.4 Å². The molecule has 31 heavy (non-hydrogen) atoms. The van der Waals surface area contributed by atoms with Crippen LogP contribution < -0.4 is 5.73 Å². The van der Waals surface area contributed by atoms with E-state index < -0.39 is 17.5 Å². The lowest BCUT2D eigenvalue weighted by molar-refractivity contribution is -0.140. The van der Waals surface area contributed by atoms with Crippen LogP contribution >= 0.6 is 11.3 Å². The molecule has 0 amide bonds. The molecule has 1 fully saturated rings. The number of aryl methyl sites for hydroxylation is 1. The first kappa shape index (κ1) is 25.3. The van der Waals surface area contributed by atoms with Crippen LogP contribution in [0.1, 0.15) is 80.9 Å². The van der Waals surface area contributed by atoms with E-state index in [0.717, 1.165) is 30.9 Å². The van der Waals surface area contributed by atoms with E-state index in [1.165, 1.54) is 61.1 Å². The molecule has 1 unspecified atom stereocenters. The lowest BCUT2D eigenvalue weighted by atomic mass is 9.85.